The van der Waals surface area contributed by atoms with Gasteiger partial charge in [0.05, 0.1) is 6.54 Å². The fourth-order valence-electron chi connectivity index (χ4n) is 2.26. The Morgan fingerprint density at radius 2 is 2.13 bits per heavy atom. The highest BCUT2D eigenvalue weighted by atomic mass is 16.3. The summed E-state index contributed by atoms with van der Waals surface area (Å²) in [6.45, 7) is 5.23. The molecule has 0 aromatic rings. The predicted octanol–water partition coefficient (Wildman–Crippen LogP) is -0.155. The summed E-state index contributed by atoms with van der Waals surface area (Å²) < 4.78 is 2.16. The molecular weight excluding hydrogens is 192 g/mol. The minimum atomic E-state index is -0.368. The van der Waals surface area contributed by atoms with E-state index in [0.29, 0.717) is 12.1 Å². The van der Waals surface area contributed by atoms with Crippen molar-refractivity contribution >= 4 is 12.6 Å². The second kappa shape index (κ2) is 4.31. The summed E-state index contributed by atoms with van der Waals surface area (Å²) in [7, 11) is 0. The van der Waals surface area contributed by atoms with Crippen LogP contribution in [0.1, 0.15) is 25.7 Å². The summed E-state index contributed by atoms with van der Waals surface area (Å²) in [5, 5.41) is 8.81. The topological polar surface area (TPSA) is 43.5 Å². The number of amides is 1. The lowest BCUT2D eigenvalue weighted by Crippen LogP contribution is -2.47. The first-order chi connectivity index (χ1) is 7.22. The van der Waals surface area contributed by atoms with E-state index in [1.54, 1.807) is 4.90 Å². The third kappa shape index (κ3) is 2.37. The molecule has 1 atom stereocenters. The van der Waals surface area contributed by atoms with Crippen LogP contribution < -0.4 is 0 Å². The van der Waals surface area contributed by atoms with E-state index in [2.05, 4.69) is 11.3 Å². The average Bonchev–Trinajstić information content (AvgIpc) is 3.11. The highest BCUT2D eigenvalue weighted by Gasteiger charge is 2.38. The van der Waals surface area contributed by atoms with Crippen molar-refractivity contribution in [1.29, 1.82) is 0 Å². The van der Waals surface area contributed by atoms with Crippen molar-refractivity contribution in [2.75, 3.05) is 19.7 Å². The van der Waals surface area contributed by atoms with E-state index >= 15 is 0 Å². The second-order valence-electron chi connectivity index (χ2n) is 4.54. The van der Waals surface area contributed by atoms with Crippen LogP contribution in [0.15, 0.2) is 0 Å². The van der Waals surface area contributed by atoms with Crippen LogP contribution in [0.25, 0.3) is 0 Å². The van der Waals surface area contributed by atoms with Crippen LogP contribution in [-0.4, -0.2) is 59.0 Å². The monoisotopic (exact) mass is 211 g/mol. The number of rotatable bonds is 3. The molecule has 1 N–H and O–H groups in total. The Kier molecular flexibility index (Phi) is 3.05. The number of hydrogen-bond acceptors (Lipinski definition) is 2. The number of aliphatic hydroxyl groups is 1. The van der Waals surface area contributed by atoms with Crippen molar-refractivity contribution in [2.24, 2.45) is 0 Å². The second-order valence-corrected chi connectivity index (χ2v) is 4.54. The van der Waals surface area contributed by atoms with E-state index in [4.69, 9.17) is 5.11 Å². The maximum atomic E-state index is 11.4. The smallest absolute Gasteiger partial charge is 0.248 e. The van der Waals surface area contributed by atoms with Gasteiger partial charge < -0.3 is 10.0 Å². The maximum Gasteiger partial charge on any atom is 0.248 e. The first-order valence-corrected chi connectivity index (χ1v) is 5.70. The lowest BCUT2D eigenvalue weighted by Gasteiger charge is -2.30. The molecule has 1 amide bonds. The number of nitrogens with zero attached hydrogens (tertiary/aromatic N) is 2. The molecule has 2 rings (SSSR count). The van der Waals surface area contributed by atoms with Gasteiger partial charge in [0.1, 0.15) is 13.3 Å². The van der Waals surface area contributed by atoms with Gasteiger partial charge >= 0.3 is 0 Å². The first-order valence-electron chi connectivity index (χ1n) is 5.70. The van der Waals surface area contributed by atoms with Gasteiger partial charge in [-0.15, -0.1) is 0 Å². The van der Waals surface area contributed by atoms with Crippen molar-refractivity contribution < 1.29 is 14.5 Å². The summed E-state index contributed by atoms with van der Waals surface area (Å²) in [6, 6.07) is 1.03. The highest BCUT2D eigenvalue weighted by molar-refractivity contribution is 5.77. The van der Waals surface area contributed by atoms with E-state index in [-0.39, 0.29) is 12.5 Å². The highest BCUT2D eigenvalue weighted by Crippen LogP contribution is 2.26. The van der Waals surface area contributed by atoms with Crippen molar-refractivity contribution in [1.82, 2.24) is 4.90 Å². The molecule has 1 aliphatic carbocycles. The number of carbonyl (C=O) groups excluding carboxylic acids is 1. The number of aliphatic hydroxyl groups excluding tert-OH is 1. The Bertz CT molecular complexity index is 274. The Balaban J connectivity index is 1.91. The predicted molar refractivity (Wildman–Crippen MR) is 57.1 cm³/mol. The zero-order valence-corrected chi connectivity index (χ0v) is 9.06. The van der Waals surface area contributed by atoms with Gasteiger partial charge in [-0.1, -0.05) is 0 Å². The third-order valence-corrected chi connectivity index (χ3v) is 3.37. The van der Waals surface area contributed by atoms with Gasteiger partial charge in [-0.25, -0.2) is 4.58 Å². The van der Waals surface area contributed by atoms with Gasteiger partial charge in [-0.2, -0.15) is 0 Å². The standard InChI is InChI=1S/C11H19N2O2/c1-12(9-4-5-9)10-3-2-6-13(7-10)11(15)8-14/h9-10,14H,1-8H2/q+1. The van der Waals surface area contributed by atoms with Gasteiger partial charge in [0.25, 0.3) is 0 Å². The number of hydrogen-bond donors (Lipinski definition) is 1. The molecule has 0 radical (unpaired) electrons. The molecule has 1 saturated carbocycles. The van der Waals surface area contributed by atoms with Crippen LogP contribution in [-0.2, 0) is 4.79 Å². The van der Waals surface area contributed by atoms with E-state index in [9.17, 15) is 4.79 Å². The van der Waals surface area contributed by atoms with Crippen molar-refractivity contribution in [3.63, 3.8) is 0 Å². The molecule has 0 aromatic carbocycles. The summed E-state index contributed by atoms with van der Waals surface area (Å²) in [5.74, 6) is -0.149. The summed E-state index contributed by atoms with van der Waals surface area (Å²) in [6.07, 6.45) is 4.63. The molecule has 1 heterocycles. The van der Waals surface area contributed by atoms with E-state index in [1.165, 1.54) is 12.8 Å². The van der Waals surface area contributed by atoms with Crippen LogP contribution in [0, 0.1) is 0 Å². The summed E-state index contributed by atoms with van der Waals surface area (Å²) in [4.78, 5) is 13.1. The van der Waals surface area contributed by atoms with Crippen LogP contribution in [0.5, 0.6) is 0 Å². The number of carbonyl (C=O) groups is 1. The minimum Gasteiger partial charge on any atom is -0.387 e. The molecule has 2 aliphatic rings. The van der Waals surface area contributed by atoms with Gasteiger partial charge in [0.15, 0.2) is 12.1 Å². The Labute approximate surface area is 90.2 Å². The zero-order chi connectivity index (χ0) is 10.8. The van der Waals surface area contributed by atoms with Crippen molar-refractivity contribution in [2.45, 2.75) is 37.8 Å². The van der Waals surface area contributed by atoms with Gasteiger partial charge in [-0.05, 0) is 6.42 Å². The van der Waals surface area contributed by atoms with Crippen molar-refractivity contribution in [3.05, 3.63) is 0 Å². The van der Waals surface area contributed by atoms with Crippen LogP contribution in [0.3, 0.4) is 0 Å². The molecular formula is C11H19N2O2+. The SMILES string of the molecule is C=[N+](C1CC1)C1CCCN(C(=O)CO)C1. The maximum absolute atomic E-state index is 11.4. The Morgan fingerprint density at radius 1 is 1.40 bits per heavy atom. The largest absolute Gasteiger partial charge is 0.387 e. The van der Waals surface area contributed by atoms with E-state index in [1.807, 2.05) is 0 Å². The Morgan fingerprint density at radius 3 is 2.73 bits per heavy atom. The number of piperidine rings is 1. The van der Waals surface area contributed by atoms with E-state index in [0.717, 1.165) is 25.9 Å². The molecule has 84 valence electrons. The molecule has 0 bridgehead atoms. The van der Waals surface area contributed by atoms with Crippen LogP contribution in [0.4, 0.5) is 0 Å². The lowest BCUT2D eigenvalue weighted by atomic mass is 10.1. The van der Waals surface area contributed by atoms with Crippen molar-refractivity contribution in [3.8, 4) is 0 Å². The zero-order valence-electron chi connectivity index (χ0n) is 9.06. The fraction of sp³-hybridized carbons (Fsp3) is 0.818. The fourth-order valence-corrected chi connectivity index (χ4v) is 2.26. The van der Waals surface area contributed by atoms with Crippen LogP contribution >= 0.6 is 0 Å². The summed E-state index contributed by atoms with van der Waals surface area (Å²) >= 11 is 0. The molecule has 4 heteroatoms. The summed E-state index contributed by atoms with van der Waals surface area (Å²) in [5.41, 5.74) is 0. The van der Waals surface area contributed by atoms with Gasteiger partial charge in [0, 0.05) is 25.8 Å². The Hall–Kier alpha value is -0.900. The molecule has 0 spiro atoms. The molecule has 2 fully saturated rings. The lowest BCUT2D eigenvalue weighted by molar-refractivity contribution is -0.574. The number of likely N-dealkylation sites (tertiary alicyclic amines) is 1. The molecule has 0 aromatic heterocycles. The van der Waals surface area contributed by atoms with E-state index < -0.39 is 0 Å². The quantitative estimate of drug-likeness (QED) is 0.521. The molecule has 15 heavy (non-hydrogen) atoms. The average molecular weight is 211 g/mol. The molecule has 1 aliphatic heterocycles. The minimum absolute atomic E-state index is 0.149. The molecule has 4 nitrogen and oxygen atoms in total. The van der Waals surface area contributed by atoms with Crippen LogP contribution in [0.2, 0.25) is 0 Å². The molecule has 1 unspecified atom stereocenters. The first kappa shape index (κ1) is 10.6. The third-order valence-electron chi connectivity index (χ3n) is 3.37. The van der Waals surface area contributed by atoms with Gasteiger partial charge in [-0.3, -0.25) is 4.79 Å². The molecule has 1 saturated heterocycles. The normalized spacial score (nSPS) is 26.5. The van der Waals surface area contributed by atoms with Gasteiger partial charge in [0.2, 0.25) is 5.91 Å².